The van der Waals surface area contributed by atoms with Crippen LogP contribution < -0.4 is 19.7 Å². The zero-order chi connectivity index (χ0) is 23.9. The molecule has 0 bridgehead atoms. The SMILES string of the molecule is C=CCN1C(=O)C(C)Oc2ccc(NC(=O)/C=C/c3ccc(OCc4ccccc4)cc3)cc21. The maximum atomic E-state index is 12.5. The van der Waals surface area contributed by atoms with E-state index in [4.69, 9.17) is 9.47 Å². The first kappa shape index (κ1) is 22.9. The summed E-state index contributed by atoms with van der Waals surface area (Å²) < 4.78 is 11.5. The molecule has 0 saturated heterocycles. The van der Waals surface area contributed by atoms with Crippen LogP contribution in [0.3, 0.4) is 0 Å². The second-order valence-electron chi connectivity index (χ2n) is 7.85. The van der Waals surface area contributed by atoms with Gasteiger partial charge in [0.2, 0.25) is 5.91 Å². The minimum atomic E-state index is -0.564. The van der Waals surface area contributed by atoms with E-state index in [0.717, 1.165) is 16.9 Å². The molecule has 172 valence electrons. The lowest BCUT2D eigenvalue weighted by Crippen LogP contribution is -2.44. The largest absolute Gasteiger partial charge is 0.489 e. The van der Waals surface area contributed by atoms with E-state index in [1.165, 1.54) is 6.08 Å². The lowest BCUT2D eigenvalue weighted by atomic mass is 10.1. The van der Waals surface area contributed by atoms with Crippen LogP contribution in [0.15, 0.2) is 91.5 Å². The Kier molecular flexibility index (Phi) is 7.08. The van der Waals surface area contributed by atoms with E-state index in [2.05, 4.69) is 11.9 Å². The summed E-state index contributed by atoms with van der Waals surface area (Å²) in [4.78, 5) is 26.5. The van der Waals surface area contributed by atoms with E-state index in [0.29, 0.717) is 30.3 Å². The Bertz CT molecular complexity index is 1200. The molecule has 1 aliphatic rings. The Labute approximate surface area is 199 Å². The molecule has 0 fully saturated rings. The van der Waals surface area contributed by atoms with Crippen LogP contribution in [0, 0.1) is 0 Å². The number of ether oxygens (including phenoxy) is 2. The summed E-state index contributed by atoms with van der Waals surface area (Å²) in [6.07, 6.45) is 4.29. The van der Waals surface area contributed by atoms with Crippen molar-refractivity contribution in [1.82, 2.24) is 0 Å². The van der Waals surface area contributed by atoms with Crippen LogP contribution in [0.2, 0.25) is 0 Å². The summed E-state index contributed by atoms with van der Waals surface area (Å²) in [5.74, 6) is 0.926. The minimum absolute atomic E-state index is 0.146. The topological polar surface area (TPSA) is 67.9 Å². The fourth-order valence-corrected chi connectivity index (χ4v) is 3.57. The average molecular weight is 455 g/mol. The molecule has 0 aromatic heterocycles. The maximum absolute atomic E-state index is 12.5. The fourth-order valence-electron chi connectivity index (χ4n) is 3.57. The van der Waals surface area contributed by atoms with Crippen LogP contribution >= 0.6 is 0 Å². The Morgan fingerprint density at radius 2 is 1.88 bits per heavy atom. The Morgan fingerprint density at radius 3 is 2.62 bits per heavy atom. The van der Waals surface area contributed by atoms with Crippen LogP contribution in [0.1, 0.15) is 18.1 Å². The summed E-state index contributed by atoms with van der Waals surface area (Å²) in [5, 5.41) is 2.83. The average Bonchev–Trinajstić information content (AvgIpc) is 2.86. The van der Waals surface area contributed by atoms with Crippen LogP contribution in [0.4, 0.5) is 11.4 Å². The molecule has 1 heterocycles. The van der Waals surface area contributed by atoms with E-state index < -0.39 is 6.10 Å². The van der Waals surface area contributed by atoms with Crippen molar-refractivity contribution in [3.05, 3.63) is 103 Å². The first-order valence-electron chi connectivity index (χ1n) is 11.0. The Balaban J connectivity index is 1.36. The summed E-state index contributed by atoms with van der Waals surface area (Å²) in [6.45, 7) is 6.29. The molecule has 1 unspecified atom stereocenters. The van der Waals surface area contributed by atoms with Crippen molar-refractivity contribution in [2.24, 2.45) is 0 Å². The number of carbonyl (C=O) groups excluding carboxylic acids is 2. The summed E-state index contributed by atoms with van der Waals surface area (Å²) >= 11 is 0. The lowest BCUT2D eigenvalue weighted by Gasteiger charge is -2.32. The van der Waals surface area contributed by atoms with Gasteiger partial charge in [0, 0.05) is 18.3 Å². The minimum Gasteiger partial charge on any atom is -0.489 e. The summed E-state index contributed by atoms with van der Waals surface area (Å²) in [7, 11) is 0. The van der Waals surface area contributed by atoms with E-state index in [1.807, 2.05) is 54.6 Å². The smallest absolute Gasteiger partial charge is 0.268 e. The Hall–Kier alpha value is -4.32. The standard InChI is InChI=1S/C28H26N2O4/c1-3-17-30-25-18-23(12-15-26(25)34-20(2)28(30)32)29-27(31)16-11-21-9-13-24(14-10-21)33-19-22-7-5-4-6-8-22/h3-16,18,20H,1,17,19H2,2H3,(H,29,31)/b16-11+. The van der Waals surface area contributed by atoms with E-state index in [1.54, 1.807) is 42.2 Å². The highest BCUT2D eigenvalue weighted by molar-refractivity contribution is 6.04. The van der Waals surface area contributed by atoms with E-state index >= 15 is 0 Å². The van der Waals surface area contributed by atoms with Crippen LogP contribution in [0.25, 0.3) is 6.08 Å². The van der Waals surface area contributed by atoms with Crippen molar-refractivity contribution >= 4 is 29.3 Å². The van der Waals surface area contributed by atoms with Gasteiger partial charge in [-0.15, -0.1) is 6.58 Å². The van der Waals surface area contributed by atoms with Gasteiger partial charge in [0.05, 0.1) is 5.69 Å². The number of nitrogens with one attached hydrogen (secondary N) is 1. The molecule has 0 saturated carbocycles. The number of hydrogen-bond acceptors (Lipinski definition) is 4. The number of carbonyl (C=O) groups is 2. The third-order valence-corrected chi connectivity index (χ3v) is 5.30. The highest BCUT2D eigenvalue weighted by Crippen LogP contribution is 2.36. The van der Waals surface area contributed by atoms with Gasteiger partial charge in [-0.3, -0.25) is 9.59 Å². The molecule has 6 heteroatoms. The van der Waals surface area contributed by atoms with Crippen LogP contribution in [-0.4, -0.2) is 24.5 Å². The first-order chi connectivity index (χ1) is 16.5. The van der Waals surface area contributed by atoms with Crippen molar-refractivity contribution in [1.29, 1.82) is 0 Å². The molecular weight excluding hydrogens is 428 g/mol. The Morgan fingerprint density at radius 1 is 1.12 bits per heavy atom. The van der Waals surface area contributed by atoms with Gasteiger partial charge < -0.3 is 19.7 Å². The fraction of sp³-hybridized carbons (Fsp3) is 0.143. The van der Waals surface area contributed by atoms with Gasteiger partial charge in [-0.05, 0) is 54.5 Å². The number of amides is 2. The van der Waals surface area contributed by atoms with Gasteiger partial charge in [0.15, 0.2) is 6.10 Å². The highest BCUT2D eigenvalue weighted by atomic mass is 16.5. The molecule has 1 atom stereocenters. The molecule has 34 heavy (non-hydrogen) atoms. The number of rotatable bonds is 8. The van der Waals surface area contributed by atoms with Crippen molar-refractivity contribution in [3.63, 3.8) is 0 Å². The molecule has 3 aromatic rings. The van der Waals surface area contributed by atoms with Crippen molar-refractivity contribution in [3.8, 4) is 11.5 Å². The molecule has 0 aliphatic carbocycles. The van der Waals surface area contributed by atoms with Gasteiger partial charge >= 0.3 is 0 Å². The quantitative estimate of drug-likeness (QED) is 0.374. The van der Waals surface area contributed by atoms with E-state index in [-0.39, 0.29) is 11.8 Å². The van der Waals surface area contributed by atoms with Crippen LogP contribution in [-0.2, 0) is 16.2 Å². The van der Waals surface area contributed by atoms with Gasteiger partial charge in [-0.2, -0.15) is 0 Å². The third kappa shape index (κ3) is 5.53. The molecule has 1 aliphatic heterocycles. The molecule has 2 amide bonds. The molecule has 1 N–H and O–H groups in total. The number of anilines is 2. The predicted molar refractivity (Wildman–Crippen MR) is 134 cm³/mol. The highest BCUT2D eigenvalue weighted by Gasteiger charge is 2.30. The van der Waals surface area contributed by atoms with Crippen LogP contribution in [0.5, 0.6) is 11.5 Å². The monoisotopic (exact) mass is 454 g/mol. The molecular formula is C28H26N2O4. The molecule has 0 spiro atoms. The number of benzene rings is 3. The van der Waals surface area contributed by atoms with Gasteiger partial charge in [0.25, 0.3) is 5.91 Å². The van der Waals surface area contributed by atoms with Gasteiger partial charge in [-0.1, -0.05) is 48.5 Å². The third-order valence-electron chi connectivity index (χ3n) is 5.30. The normalized spacial score (nSPS) is 14.9. The molecule has 6 nitrogen and oxygen atoms in total. The number of nitrogens with zero attached hydrogens (tertiary/aromatic N) is 1. The summed E-state index contributed by atoms with van der Waals surface area (Å²) in [5.41, 5.74) is 3.15. The van der Waals surface area contributed by atoms with Gasteiger partial charge in [-0.25, -0.2) is 0 Å². The molecule has 4 rings (SSSR count). The van der Waals surface area contributed by atoms with Gasteiger partial charge in [0.1, 0.15) is 18.1 Å². The second kappa shape index (κ2) is 10.5. The summed E-state index contributed by atoms with van der Waals surface area (Å²) in [6, 6.07) is 22.7. The zero-order valence-electron chi connectivity index (χ0n) is 18.9. The van der Waals surface area contributed by atoms with E-state index in [9.17, 15) is 9.59 Å². The van der Waals surface area contributed by atoms with Crippen molar-refractivity contribution in [2.45, 2.75) is 19.6 Å². The number of hydrogen-bond donors (Lipinski definition) is 1. The van der Waals surface area contributed by atoms with Crippen molar-refractivity contribution < 1.29 is 19.1 Å². The maximum Gasteiger partial charge on any atom is 0.268 e. The predicted octanol–water partition coefficient (Wildman–Crippen LogP) is 5.22. The molecule has 3 aromatic carbocycles. The van der Waals surface area contributed by atoms with Crippen molar-refractivity contribution in [2.75, 3.05) is 16.8 Å². The number of fused-ring (bicyclic) bond motifs is 1. The zero-order valence-corrected chi connectivity index (χ0v) is 18.9. The first-order valence-corrected chi connectivity index (χ1v) is 11.0. The lowest BCUT2D eigenvalue weighted by molar-refractivity contribution is -0.125. The second-order valence-corrected chi connectivity index (χ2v) is 7.85. The molecule has 0 radical (unpaired) electrons.